The summed E-state index contributed by atoms with van der Waals surface area (Å²) in [4.78, 5) is 12.6. The highest BCUT2D eigenvalue weighted by Crippen LogP contribution is 2.43. The lowest BCUT2D eigenvalue weighted by molar-refractivity contribution is 0.0948. The van der Waals surface area contributed by atoms with Crippen molar-refractivity contribution in [2.75, 3.05) is 19.8 Å². The number of hydrogen-bond acceptors (Lipinski definition) is 4. The summed E-state index contributed by atoms with van der Waals surface area (Å²) < 4.78 is 1.94. The van der Waals surface area contributed by atoms with Gasteiger partial charge in [0.1, 0.15) is 5.75 Å². The third kappa shape index (κ3) is 5.09. The minimum absolute atomic E-state index is 0.0299. The van der Waals surface area contributed by atoms with Crippen LogP contribution >= 0.6 is 11.6 Å². The second kappa shape index (κ2) is 11.3. The molecule has 34 heavy (non-hydrogen) atoms. The Labute approximate surface area is 205 Å². The van der Waals surface area contributed by atoms with E-state index in [0.29, 0.717) is 17.5 Å². The molecule has 1 aromatic heterocycles. The maximum Gasteiger partial charge on any atom is 0.255 e. The van der Waals surface area contributed by atoms with Crippen LogP contribution in [0.5, 0.6) is 5.75 Å². The Morgan fingerprint density at radius 3 is 2.50 bits per heavy atom. The number of phenols is 1. The molecule has 1 heterocycles. The van der Waals surface area contributed by atoms with E-state index in [0.717, 1.165) is 35.7 Å². The zero-order chi connectivity index (χ0) is 24.1. The number of hydrogen-bond donors (Lipinski definition) is 4. The second-order valence-electron chi connectivity index (χ2n) is 9.21. The van der Waals surface area contributed by atoms with Crippen LogP contribution in [0.3, 0.4) is 0 Å². The first-order chi connectivity index (χ1) is 16.5. The van der Waals surface area contributed by atoms with Crippen LogP contribution in [0.2, 0.25) is 5.02 Å². The second-order valence-corrected chi connectivity index (χ2v) is 9.62. The van der Waals surface area contributed by atoms with Crippen molar-refractivity contribution in [3.8, 4) is 5.75 Å². The number of phenolic OH excluding ortho intramolecular Hbond substituents is 1. The molecule has 0 radical (unpaired) electrons. The predicted molar refractivity (Wildman–Crippen MR) is 135 cm³/mol. The van der Waals surface area contributed by atoms with Crippen LogP contribution in [-0.4, -0.2) is 45.6 Å². The maximum atomic E-state index is 12.6. The van der Waals surface area contributed by atoms with Crippen molar-refractivity contribution in [3.05, 3.63) is 64.8 Å². The van der Waals surface area contributed by atoms with E-state index in [1.807, 2.05) is 29.0 Å². The molecule has 1 unspecified atom stereocenters. The van der Waals surface area contributed by atoms with E-state index in [2.05, 4.69) is 5.32 Å². The number of carbonyl (C=O) groups is 1. The Hall–Kier alpha value is -2.54. The Kier molecular flexibility index (Phi) is 8.14. The molecule has 0 bridgehead atoms. The molecule has 2 aromatic carbocycles. The van der Waals surface area contributed by atoms with E-state index in [-0.39, 0.29) is 36.4 Å². The summed E-state index contributed by atoms with van der Waals surface area (Å²) in [6.07, 6.45) is 8.64. The van der Waals surface area contributed by atoms with E-state index >= 15 is 0 Å². The zero-order valence-corrected chi connectivity index (χ0v) is 20.0. The van der Waals surface area contributed by atoms with Gasteiger partial charge in [0.2, 0.25) is 0 Å². The van der Waals surface area contributed by atoms with Gasteiger partial charge in [0.05, 0.1) is 35.4 Å². The number of halogens is 1. The van der Waals surface area contributed by atoms with Crippen molar-refractivity contribution in [2.45, 2.75) is 50.5 Å². The van der Waals surface area contributed by atoms with Gasteiger partial charge in [-0.05, 0) is 60.9 Å². The smallest absolute Gasteiger partial charge is 0.255 e. The van der Waals surface area contributed by atoms with Crippen molar-refractivity contribution in [1.29, 1.82) is 0 Å². The van der Waals surface area contributed by atoms with Gasteiger partial charge in [-0.15, -0.1) is 0 Å². The van der Waals surface area contributed by atoms with Crippen LogP contribution in [0.25, 0.3) is 10.9 Å². The van der Waals surface area contributed by atoms with Gasteiger partial charge in [0, 0.05) is 18.1 Å². The first-order valence-electron chi connectivity index (χ1n) is 12.1. The van der Waals surface area contributed by atoms with Gasteiger partial charge in [-0.3, -0.25) is 4.79 Å². The molecule has 7 heteroatoms. The number of aliphatic hydroxyl groups is 2. The molecule has 1 fully saturated rings. The fraction of sp³-hybridized carbons (Fsp3) is 0.444. The molecule has 0 saturated heterocycles. The van der Waals surface area contributed by atoms with Crippen molar-refractivity contribution >= 4 is 28.4 Å². The molecule has 3 aromatic rings. The Morgan fingerprint density at radius 2 is 1.79 bits per heavy atom. The molecular weight excluding hydrogens is 452 g/mol. The van der Waals surface area contributed by atoms with E-state index in [1.54, 1.807) is 18.2 Å². The largest absolute Gasteiger partial charge is 0.507 e. The van der Waals surface area contributed by atoms with Crippen LogP contribution in [-0.2, 0) is 0 Å². The first kappa shape index (κ1) is 24.6. The summed E-state index contributed by atoms with van der Waals surface area (Å²) in [5.41, 5.74) is 2.27. The molecule has 4 rings (SSSR count). The minimum atomic E-state index is -0.442. The van der Waals surface area contributed by atoms with Crippen molar-refractivity contribution in [3.63, 3.8) is 0 Å². The molecule has 1 aliphatic carbocycles. The lowest BCUT2D eigenvalue weighted by atomic mass is 9.75. The third-order valence-corrected chi connectivity index (χ3v) is 7.47. The number of aromatic nitrogens is 1. The van der Waals surface area contributed by atoms with Gasteiger partial charge >= 0.3 is 0 Å². The van der Waals surface area contributed by atoms with Crippen molar-refractivity contribution < 1.29 is 20.1 Å². The fourth-order valence-corrected chi connectivity index (χ4v) is 5.68. The van der Waals surface area contributed by atoms with Crippen LogP contribution in [0.15, 0.2) is 48.7 Å². The van der Waals surface area contributed by atoms with Gasteiger partial charge < -0.3 is 25.2 Å². The van der Waals surface area contributed by atoms with Crippen molar-refractivity contribution in [1.82, 2.24) is 9.88 Å². The fourth-order valence-electron chi connectivity index (χ4n) is 5.40. The highest BCUT2D eigenvalue weighted by molar-refractivity contribution is 6.35. The van der Waals surface area contributed by atoms with E-state index < -0.39 is 6.04 Å². The number of nitrogens with one attached hydrogen (secondary N) is 1. The number of fused-ring (bicyclic) bond motifs is 1. The van der Waals surface area contributed by atoms with Gasteiger partial charge in [0.15, 0.2) is 0 Å². The van der Waals surface area contributed by atoms with Gasteiger partial charge in [-0.2, -0.15) is 0 Å². The van der Waals surface area contributed by atoms with Gasteiger partial charge in [-0.1, -0.05) is 49.1 Å². The summed E-state index contributed by atoms with van der Waals surface area (Å²) in [5, 5.41) is 34.3. The number of benzene rings is 2. The standard InChI is InChI=1S/C27H33ClN2O4/c28-23-10-6-11-24-26(23)22(15-30(24)19(16-31)17-32)20(18-7-2-1-3-8-18)13-14-29-27(34)21-9-4-5-12-25(21)33/h4-6,9-12,15,18-20,31-33H,1-3,7-8,13-14,16-17H2,(H,29,34). The molecular formula is C27H33ClN2O4. The number of aliphatic hydroxyl groups excluding tert-OH is 2. The Morgan fingerprint density at radius 1 is 1.06 bits per heavy atom. The molecule has 0 aliphatic heterocycles. The third-order valence-electron chi connectivity index (χ3n) is 7.16. The van der Waals surface area contributed by atoms with Crippen LogP contribution in [0.1, 0.15) is 66.4 Å². The molecule has 1 amide bonds. The molecule has 1 atom stereocenters. The van der Waals surface area contributed by atoms with E-state index in [4.69, 9.17) is 11.6 Å². The van der Waals surface area contributed by atoms with E-state index in [9.17, 15) is 20.1 Å². The SMILES string of the molecule is O=C(NCCC(c1cn(C(CO)CO)c2cccc(Cl)c12)C1CCCCC1)c1ccccc1O. The highest BCUT2D eigenvalue weighted by Gasteiger charge is 2.29. The molecule has 6 nitrogen and oxygen atoms in total. The monoisotopic (exact) mass is 484 g/mol. The lowest BCUT2D eigenvalue weighted by Gasteiger charge is -2.30. The molecule has 4 N–H and O–H groups in total. The predicted octanol–water partition coefficient (Wildman–Crippen LogP) is 5.01. The summed E-state index contributed by atoms with van der Waals surface area (Å²) in [7, 11) is 0. The van der Waals surface area contributed by atoms with Crippen molar-refractivity contribution in [2.24, 2.45) is 5.92 Å². The van der Waals surface area contributed by atoms with Gasteiger partial charge in [0.25, 0.3) is 5.91 Å². The number of nitrogens with zero attached hydrogens (tertiary/aromatic N) is 1. The molecule has 1 saturated carbocycles. The lowest BCUT2D eigenvalue weighted by Crippen LogP contribution is -2.27. The number of aromatic hydroxyl groups is 1. The maximum absolute atomic E-state index is 12.6. The summed E-state index contributed by atoms with van der Waals surface area (Å²) in [6, 6.07) is 11.8. The van der Waals surface area contributed by atoms with Crippen LogP contribution in [0.4, 0.5) is 0 Å². The normalized spacial score (nSPS) is 15.6. The topological polar surface area (TPSA) is 94.7 Å². The average Bonchev–Trinajstić information content (AvgIpc) is 3.24. The molecule has 182 valence electrons. The molecule has 0 spiro atoms. The summed E-state index contributed by atoms with van der Waals surface area (Å²) in [6.45, 7) is 0.128. The van der Waals surface area contributed by atoms with Crippen LogP contribution < -0.4 is 5.32 Å². The zero-order valence-electron chi connectivity index (χ0n) is 19.3. The highest BCUT2D eigenvalue weighted by atomic mass is 35.5. The quantitative estimate of drug-likeness (QED) is 0.343. The van der Waals surface area contributed by atoms with Gasteiger partial charge in [-0.25, -0.2) is 0 Å². The number of para-hydroxylation sites is 1. The molecule has 1 aliphatic rings. The number of amides is 1. The summed E-state index contributed by atoms with van der Waals surface area (Å²) in [5.74, 6) is 0.318. The van der Waals surface area contributed by atoms with E-state index in [1.165, 1.54) is 25.3 Å². The Balaban J connectivity index is 1.65. The average molecular weight is 485 g/mol. The first-order valence-corrected chi connectivity index (χ1v) is 12.5. The number of rotatable bonds is 9. The minimum Gasteiger partial charge on any atom is -0.507 e. The van der Waals surface area contributed by atoms with Crippen LogP contribution in [0, 0.1) is 5.92 Å². The number of carbonyl (C=O) groups excluding carboxylic acids is 1. The Bertz CT molecular complexity index is 1120. The summed E-state index contributed by atoms with van der Waals surface area (Å²) >= 11 is 6.70.